The molecule has 0 aromatic heterocycles. The molecule has 6 heteroatoms. The maximum absolute atomic E-state index is 11.7. The number of aldehydes is 1. The van der Waals surface area contributed by atoms with Gasteiger partial charge < -0.3 is 13.6 Å². The molecule has 4 nitrogen and oxygen atoms in total. The SMILES string of the molecule is CC(C)(C)[Si](C)(C)OC1CC(OCc2ccccc2)CC(O[Si](C)(C)C(C)(C)C)C1=CC=O. The number of ether oxygens (including phenoxy) is 1. The first-order valence-corrected chi connectivity index (χ1v) is 18.1. The highest BCUT2D eigenvalue weighted by Gasteiger charge is 2.46. The van der Waals surface area contributed by atoms with Gasteiger partial charge in [0, 0.05) is 12.8 Å². The van der Waals surface area contributed by atoms with Crippen LogP contribution < -0.4 is 0 Å². The zero-order valence-corrected chi connectivity index (χ0v) is 24.5. The molecule has 2 unspecified atom stereocenters. The molecule has 0 radical (unpaired) electrons. The van der Waals surface area contributed by atoms with E-state index in [-0.39, 0.29) is 28.4 Å². The average molecular weight is 491 g/mol. The fraction of sp³-hybridized carbons (Fsp3) is 0.667. The summed E-state index contributed by atoms with van der Waals surface area (Å²) in [5, 5.41) is 0.153. The summed E-state index contributed by atoms with van der Waals surface area (Å²) in [6.45, 7) is 23.1. The Bertz CT molecular complexity index is 764. The molecule has 1 fully saturated rings. The Morgan fingerprint density at radius 1 is 0.848 bits per heavy atom. The highest BCUT2D eigenvalue weighted by atomic mass is 28.4. The monoisotopic (exact) mass is 490 g/mol. The van der Waals surface area contributed by atoms with Gasteiger partial charge in [-0.25, -0.2) is 0 Å². The van der Waals surface area contributed by atoms with Gasteiger partial charge in [0.05, 0.1) is 24.9 Å². The zero-order valence-electron chi connectivity index (χ0n) is 22.5. The van der Waals surface area contributed by atoms with Crippen molar-refractivity contribution in [2.75, 3.05) is 0 Å². The van der Waals surface area contributed by atoms with Gasteiger partial charge in [-0.2, -0.15) is 0 Å². The Morgan fingerprint density at radius 2 is 1.30 bits per heavy atom. The van der Waals surface area contributed by atoms with Crippen LogP contribution in [-0.2, 0) is 25.0 Å². The second kappa shape index (κ2) is 10.7. The summed E-state index contributed by atoms with van der Waals surface area (Å²) in [6, 6.07) is 10.3. The number of allylic oxidation sites excluding steroid dienone is 1. The van der Waals surface area contributed by atoms with Crippen LogP contribution in [0.4, 0.5) is 0 Å². The van der Waals surface area contributed by atoms with E-state index < -0.39 is 16.6 Å². The lowest BCUT2D eigenvalue weighted by molar-refractivity contribution is -0.104. The maximum atomic E-state index is 11.7. The molecule has 0 spiro atoms. The minimum absolute atomic E-state index is 0.0125. The molecule has 1 aliphatic rings. The van der Waals surface area contributed by atoms with Crippen LogP contribution in [0.2, 0.25) is 36.3 Å². The van der Waals surface area contributed by atoms with Crippen LogP contribution in [0.3, 0.4) is 0 Å². The third kappa shape index (κ3) is 7.46. The Hall–Kier alpha value is -1.06. The van der Waals surface area contributed by atoms with Crippen LogP contribution >= 0.6 is 0 Å². The molecule has 2 rings (SSSR count). The first kappa shape index (κ1) is 28.2. The standard InChI is InChI=1S/C27H46O4Si2/c1-26(2,3)32(7,8)30-24-18-22(29-20-21-14-12-11-13-15-21)19-25(23(24)16-17-28)31-33(9,10)27(4,5)6/h11-17,22,24-25H,18-20H2,1-10H3. The quantitative estimate of drug-likeness (QED) is 0.218. The van der Waals surface area contributed by atoms with E-state index in [4.69, 9.17) is 13.6 Å². The van der Waals surface area contributed by atoms with Crippen molar-refractivity contribution in [1.82, 2.24) is 0 Å². The van der Waals surface area contributed by atoms with Crippen LogP contribution in [0.1, 0.15) is 59.9 Å². The van der Waals surface area contributed by atoms with E-state index in [9.17, 15) is 4.79 Å². The van der Waals surface area contributed by atoms with Gasteiger partial charge >= 0.3 is 0 Å². The van der Waals surface area contributed by atoms with E-state index in [1.807, 2.05) is 18.2 Å². The van der Waals surface area contributed by atoms with Gasteiger partial charge in [0.1, 0.15) is 6.29 Å². The summed E-state index contributed by atoms with van der Waals surface area (Å²) >= 11 is 0. The summed E-state index contributed by atoms with van der Waals surface area (Å²) < 4.78 is 20.2. The maximum Gasteiger partial charge on any atom is 0.192 e. The number of carbonyl (C=O) groups excluding carboxylic acids is 1. The van der Waals surface area contributed by atoms with Crippen molar-refractivity contribution in [3.63, 3.8) is 0 Å². The van der Waals surface area contributed by atoms with Gasteiger partial charge in [0.25, 0.3) is 0 Å². The van der Waals surface area contributed by atoms with Gasteiger partial charge in [-0.05, 0) is 53.5 Å². The van der Waals surface area contributed by atoms with Gasteiger partial charge in [0.15, 0.2) is 16.6 Å². The fourth-order valence-corrected chi connectivity index (χ4v) is 6.16. The van der Waals surface area contributed by atoms with Gasteiger partial charge in [-0.3, -0.25) is 4.79 Å². The Labute approximate surface area is 204 Å². The van der Waals surface area contributed by atoms with E-state index in [0.29, 0.717) is 6.61 Å². The minimum Gasteiger partial charge on any atom is -0.410 e. The molecular formula is C27H46O4Si2. The molecular weight excluding hydrogens is 444 g/mol. The van der Waals surface area contributed by atoms with E-state index in [1.165, 1.54) is 0 Å². The number of benzene rings is 1. The van der Waals surface area contributed by atoms with Crippen molar-refractivity contribution in [1.29, 1.82) is 0 Å². The van der Waals surface area contributed by atoms with Crippen LogP contribution in [0.5, 0.6) is 0 Å². The van der Waals surface area contributed by atoms with Gasteiger partial charge in [-0.15, -0.1) is 0 Å². The summed E-state index contributed by atoms with van der Waals surface area (Å²) in [6.07, 6.45) is 3.76. The number of hydrogen-bond acceptors (Lipinski definition) is 4. The first-order valence-electron chi connectivity index (χ1n) is 12.2. The highest BCUT2D eigenvalue weighted by Crippen LogP contribution is 2.44. The molecule has 0 saturated heterocycles. The second-order valence-electron chi connectivity index (χ2n) is 12.4. The van der Waals surface area contributed by atoms with E-state index in [1.54, 1.807) is 6.08 Å². The molecule has 1 aromatic carbocycles. The van der Waals surface area contributed by atoms with Crippen molar-refractivity contribution in [2.24, 2.45) is 0 Å². The summed E-state index contributed by atoms with van der Waals surface area (Å²) in [5.74, 6) is 0. The molecule has 33 heavy (non-hydrogen) atoms. The molecule has 0 bridgehead atoms. The third-order valence-electron chi connectivity index (χ3n) is 7.77. The smallest absolute Gasteiger partial charge is 0.192 e. The van der Waals surface area contributed by atoms with Crippen molar-refractivity contribution in [2.45, 2.75) is 116 Å². The molecule has 186 valence electrons. The molecule has 2 atom stereocenters. The van der Waals surface area contributed by atoms with Crippen molar-refractivity contribution < 1.29 is 18.4 Å². The highest BCUT2D eigenvalue weighted by molar-refractivity contribution is 6.74. The van der Waals surface area contributed by atoms with E-state index in [2.05, 4.69) is 79.9 Å². The Kier molecular flexibility index (Phi) is 9.13. The molecule has 1 aromatic rings. The number of carbonyl (C=O) groups is 1. The summed E-state index contributed by atoms with van der Waals surface area (Å²) in [5.41, 5.74) is 2.15. The lowest BCUT2D eigenvalue weighted by Crippen LogP contribution is -2.52. The second-order valence-corrected chi connectivity index (χ2v) is 21.9. The number of rotatable bonds is 8. The zero-order chi connectivity index (χ0) is 25.1. The minimum atomic E-state index is -2.06. The normalized spacial score (nSPS) is 22.8. The number of hydrogen-bond donors (Lipinski definition) is 0. The molecule has 1 aliphatic carbocycles. The van der Waals surface area contributed by atoms with Crippen LogP contribution in [0, 0.1) is 0 Å². The average Bonchev–Trinajstić information content (AvgIpc) is 2.67. The molecule has 0 amide bonds. The predicted octanol–water partition coefficient (Wildman–Crippen LogP) is 7.27. The van der Waals surface area contributed by atoms with Crippen molar-refractivity contribution in [3.05, 3.63) is 47.5 Å². The third-order valence-corrected chi connectivity index (χ3v) is 16.7. The van der Waals surface area contributed by atoms with Crippen LogP contribution in [0.25, 0.3) is 0 Å². The van der Waals surface area contributed by atoms with Crippen molar-refractivity contribution in [3.8, 4) is 0 Å². The lowest BCUT2D eigenvalue weighted by atomic mass is 9.87. The van der Waals surface area contributed by atoms with Gasteiger partial charge in [0.2, 0.25) is 0 Å². The summed E-state index contributed by atoms with van der Waals surface area (Å²) in [7, 11) is -4.12. The Balaban J connectivity index is 2.35. The molecule has 0 N–H and O–H groups in total. The van der Waals surface area contributed by atoms with Gasteiger partial charge in [-0.1, -0.05) is 71.9 Å². The van der Waals surface area contributed by atoms with Crippen molar-refractivity contribution >= 4 is 22.9 Å². The fourth-order valence-electron chi connectivity index (χ4n) is 3.57. The molecule has 0 heterocycles. The first-order chi connectivity index (χ1) is 15.1. The Morgan fingerprint density at radius 3 is 1.70 bits per heavy atom. The topological polar surface area (TPSA) is 44.8 Å². The predicted molar refractivity (Wildman–Crippen MR) is 143 cm³/mol. The lowest BCUT2D eigenvalue weighted by Gasteiger charge is -2.47. The molecule has 0 aliphatic heterocycles. The summed E-state index contributed by atoms with van der Waals surface area (Å²) in [4.78, 5) is 11.7. The molecule has 1 saturated carbocycles. The largest absolute Gasteiger partial charge is 0.410 e. The van der Waals surface area contributed by atoms with E-state index >= 15 is 0 Å². The van der Waals surface area contributed by atoms with Crippen LogP contribution in [-0.4, -0.2) is 41.2 Å². The van der Waals surface area contributed by atoms with Crippen LogP contribution in [0.15, 0.2) is 42.0 Å². The van der Waals surface area contributed by atoms with E-state index in [0.717, 1.165) is 30.3 Å².